The van der Waals surface area contributed by atoms with E-state index in [2.05, 4.69) is 28.1 Å². The van der Waals surface area contributed by atoms with Crippen LogP contribution in [0.5, 0.6) is 0 Å². The third kappa shape index (κ3) is 3.04. The number of nitro groups is 1. The molecule has 9 heteroatoms. The largest absolute Gasteiger partial charge is 0.350 e. The summed E-state index contributed by atoms with van der Waals surface area (Å²) >= 11 is 0. The predicted molar refractivity (Wildman–Crippen MR) is 87.1 cm³/mol. The van der Waals surface area contributed by atoms with Crippen LogP contribution in [-0.2, 0) is 0 Å². The summed E-state index contributed by atoms with van der Waals surface area (Å²) in [6.45, 7) is 6.48. The fourth-order valence-corrected chi connectivity index (χ4v) is 2.71. The molecule has 1 aromatic carbocycles. The van der Waals surface area contributed by atoms with Crippen LogP contribution in [0.4, 0.5) is 11.5 Å². The van der Waals surface area contributed by atoms with Crippen molar-refractivity contribution in [2.45, 2.75) is 6.92 Å². The van der Waals surface area contributed by atoms with E-state index < -0.39 is 4.92 Å². The first-order chi connectivity index (χ1) is 11.6. The molecule has 0 saturated carbocycles. The highest BCUT2D eigenvalue weighted by Gasteiger charge is 2.23. The first kappa shape index (κ1) is 15.9. The molecule has 9 nitrogen and oxygen atoms in total. The highest BCUT2D eigenvalue weighted by atomic mass is 16.6. The zero-order chi connectivity index (χ0) is 17.1. The van der Waals surface area contributed by atoms with Crippen molar-refractivity contribution in [3.05, 3.63) is 40.1 Å². The van der Waals surface area contributed by atoms with Crippen LogP contribution in [0.2, 0.25) is 0 Å². The minimum absolute atomic E-state index is 0.0404. The van der Waals surface area contributed by atoms with Crippen LogP contribution >= 0.6 is 0 Å². The first-order valence-electron chi connectivity index (χ1n) is 7.72. The van der Waals surface area contributed by atoms with Crippen LogP contribution in [0, 0.1) is 21.4 Å². The SMILES string of the molecule is CCN1CCN(c2nn(-c3cccc([N+](=O)[O-])c3)nc2C#N)CC1. The van der Waals surface area contributed by atoms with Crippen LogP contribution < -0.4 is 4.90 Å². The number of hydrogen-bond donors (Lipinski definition) is 0. The van der Waals surface area contributed by atoms with E-state index in [1.54, 1.807) is 12.1 Å². The van der Waals surface area contributed by atoms with E-state index >= 15 is 0 Å². The Kier molecular flexibility index (Phi) is 4.39. The summed E-state index contributed by atoms with van der Waals surface area (Å²) in [6, 6.07) is 8.10. The minimum Gasteiger partial charge on any atom is -0.350 e. The summed E-state index contributed by atoms with van der Waals surface area (Å²) in [7, 11) is 0. The fourth-order valence-electron chi connectivity index (χ4n) is 2.71. The molecule has 0 unspecified atom stereocenters. The normalized spacial score (nSPS) is 15.2. The molecule has 0 spiro atoms. The van der Waals surface area contributed by atoms with Gasteiger partial charge in [-0.3, -0.25) is 10.1 Å². The number of non-ortho nitro benzene ring substituents is 1. The average Bonchev–Trinajstić information content (AvgIpc) is 3.06. The third-order valence-corrected chi connectivity index (χ3v) is 4.09. The van der Waals surface area contributed by atoms with Crippen LogP contribution in [0.1, 0.15) is 12.6 Å². The number of aromatic nitrogens is 3. The van der Waals surface area contributed by atoms with Gasteiger partial charge in [-0.05, 0) is 12.6 Å². The van der Waals surface area contributed by atoms with Gasteiger partial charge in [-0.15, -0.1) is 15.0 Å². The molecular formula is C15H17N7O2. The molecule has 0 aliphatic carbocycles. The Morgan fingerprint density at radius 3 is 2.67 bits per heavy atom. The fraction of sp³-hybridized carbons (Fsp3) is 0.400. The number of likely N-dealkylation sites (N-methyl/N-ethyl adjacent to an activating group) is 1. The molecule has 0 amide bonds. The van der Waals surface area contributed by atoms with Crippen LogP contribution in [0.3, 0.4) is 0 Å². The Hall–Kier alpha value is -2.99. The van der Waals surface area contributed by atoms with Crippen LogP contribution in [-0.4, -0.2) is 57.5 Å². The third-order valence-electron chi connectivity index (χ3n) is 4.09. The van der Waals surface area contributed by atoms with Crippen molar-refractivity contribution in [2.24, 2.45) is 0 Å². The second-order valence-corrected chi connectivity index (χ2v) is 5.47. The predicted octanol–water partition coefficient (Wildman–Crippen LogP) is 1.19. The zero-order valence-electron chi connectivity index (χ0n) is 13.3. The van der Waals surface area contributed by atoms with Gasteiger partial charge in [-0.25, -0.2) is 0 Å². The van der Waals surface area contributed by atoms with E-state index in [0.717, 1.165) is 32.7 Å². The Morgan fingerprint density at radius 1 is 1.29 bits per heavy atom. The minimum atomic E-state index is -0.469. The molecule has 0 N–H and O–H groups in total. The van der Waals surface area contributed by atoms with Gasteiger partial charge in [0, 0.05) is 38.3 Å². The van der Waals surface area contributed by atoms with Gasteiger partial charge in [0.15, 0.2) is 5.82 Å². The monoisotopic (exact) mass is 327 g/mol. The molecule has 2 aromatic rings. The number of hydrogen-bond acceptors (Lipinski definition) is 7. The quantitative estimate of drug-likeness (QED) is 0.613. The van der Waals surface area contributed by atoms with Gasteiger partial charge in [0.2, 0.25) is 5.69 Å². The van der Waals surface area contributed by atoms with Gasteiger partial charge in [0.05, 0.1) is 10.6 Å². The van der Waals surface area contributed by atoms with Crippen molar-refractivity contribution < 1.29 is 4.92 Å². The Labute approximate surface area is 138 Å². The molecule has 1 aromatic heterocycles. The van der Waals surface area contributed by atoms with E-state index in [-0.39, 0.29) is 11.4 Å². The Balaban J connectivity index is 1.90. The molecule has 1 saturated heterocycles. The lowest BCUT2D eigenvalue weighted by molar-refractivity contribution is -0.384. The van der Waals surface area contributed by atoms with Gasteiger partial charge in [-0.1, -0.05) is 13.0 Å². The van der Waals surface area contributed by atoms with E-state index in [4.69, 9.17) is 0 Å². The summed E-state index contributed by atoms with van der Waals surface area (Å²) in [5.41, 5.74) is 0.645. The lowest BCUT2D eigenvalue weighted by Crippen LogP contribution is -2.46. The second-order valence-electron chi connectivity index (χ2n) is 5.47. The number of anilines is 1. The lowest BCUT2D eigenvalue weighted by Gasteiger charge is -2.33. The number of piperazine rings is 1. The number of nitrogens with zero attached hydrogens (tertiary/aromatic N) is 7. The topological polar surface area (TPSA) is 104 Å². The molecule has 0 bridgehead atoms. The first-order valence-corrected chi connectivity index (χ1v) is 7.72. The van der Waals surface area contributed by atoms with Gasteiger partial charge < -0.3 is 9.80 Å². The maximum absolute atomic E-state index is 10.9. The molecule has 124 valence electrons. The molecule has 3 rings (SSSR count). The maximum atomic E-state index is 10.9. The number of rotatable bonds is 4. The highest BCUT2D eigenvalue weighted by Crippen LogP contribution is 2.21. The molecule has 2 heterocycles. The van der Waals surface area contributed by atoms with Crippen molar-refractivity contribution >= 4 is 11.5 Å². The Morgan fingerprint density at radius 2 is 2.04 bits per heavy atom. The summed E-state index contributed by atoms with van der Waals surface area (Å²) < 4.78 is 0. The van der Waals surface area contributed by atoms with Crippen LogP contribution in [0.15, 0.2) is 24.3 Å². The summed E-state index contributed by atoms with van der Waals surface area (Å²) in [5.74, 6) is 0.528. The average molecular weight is 327 g/mol. The van der Waals surface area contributed by atoms with Crippen molar-refractivity contribution in [2.75, 3.05) is 37.6 Å². The molecule has 1 aliphatic heterocycles. The summed E-state index contributed by atoms with van der Waals surface area (Å²) in [4.78, 5) is 16.1. The second kappa shape index (κ2) is 6.64. The summed E-state index contributed by atoms with van der Waals surface area (Å²) in [5, 5.41) is 28.8. The number of nitro benzene ring substituents is 1. The molecule has 1 aliphatic rings. The van der Waals surface area contributed by atoms with Gasteiger partial charge >= 0.3 is 0 Å². The molecule has 0 radical (unpaired) electrons. The van der Waals surface area contributed by atoms with Crippen molar-refractivity contribution in [1.82, 2.24) is 19.9 Å². The molecule has 24 heavy (non-hydrogen) atoms. The van der Waals surface area contributed by atoms with Crippen LogP contribution in [0.25, 0.3) is 5.69 Å². The number of benzene rings is 1. The zero-order valence-corrected chi connectivity index (χ0v) is 13.3. The van der Waals surface area contributed by atoms with Gasteiger partial charge in [-0.2, -0.15) is 5.26 Å². The summed E-state index contributed by atoms with van der Waals surface area (Å²) in [6.07, 6.45) is 0. The van der Waals surface area contributed by atoms with E-state index in [0.29, 0.717) is 11.5 Å². The lowest BCUT2D eigenvalue weighted by atomic mass is 10.3. The molecule has 1 fully saturated rings. The van der Waals surface area contributed by atoms with E-state index in [9.17, 15) is 15.4 Å². The van der Waals surface area contributed by atoms with Gasteiger partial charge in [0.25, 0.3) is 5.69 Å². The standard InChI is InChI=1S/C15H17N7O2/c1-2-19-6-8-20(9-7-19)15-14(11-16)17-21(18-15)12-4-3-5-13(10-12)22(23)24/h3-5,10H,2,6-9H2,1H3. The van der Waals surface area contributed by atoms with Crippen molar-refractivity contribution in [1.29, 1.82) is 5.26 Å². The molecular weight excluding hydrogens is 310 g/mol. The number of nitriles is 1. The van der Waals surface area contributed by atoms with Crippen molar-refractivity contribution in [3.8, 4) is 11.8 Å². The molecule has 0 atom stereocenters. The Bertz CT molecular complexity index is 787. The van der Waals surface area contributed by atoms with E-state index in [1.807, 2.05) is 4.90 Å². The van der Waals surface area contributed by atoms with Gasteiger partial charge in [0.1, 0.15) is 6.07 Å². The van der Waals surface area contributed by atoms with Crippen molar-refractivity contribution in [3.63, 3.8) is 0 Å². The smallest absolute Gasteiger partial charge is 0.271 e. The van der Waals surface area contributed by atoms with E-state index in [1.165, 1.54) is 16.9 Å². The highest BCUT2D eigenvalue weighted by molar-refractivity contribution is 5.51. The maximum Gasteiger partial charge on any atom is 0.271 e.